The Morgan fingerprint density at radius 2 is 1.14 bits per heavy atom. The number of carbonyl (C=O) groups excluding carboxylic acids is 2. The van der Waals surface area contributed by atoms with Crippen LogP contribution in [-0.4, -0.2) is 65.6 Å². The van der Waals surface area contributed by atoms with Gasteiger partial charge in [0, 0.05) is 78.6 Å². The highest BCUT2D eigenvalue weighted by Gasteiger charge is 2.34. The molecule has 396 valence electrons. The third-order valence-electron chi connectivity index (χ3n) is 14.7. The van der Waals surface area contributed by atoms with E-state index >= 15 is 0 Å². The highest BCUT2D eigenvalue weighted by atomic mass is 16.2. The summed E-state index contributed by atoms with van der Waals surface area (Å²) >= 11 is 0. The number of hydrogen-bond donors (Lipinski definition) is 6. The van der Waals surface area contributed by atoms with E-state index in [1.54, 1.807) is 0 Å². The van der Waals surface area contributed by atoms with E-state index in [9.17, 15) is 9.59 Å². The number of dihydropyridines is 1. The molecule has 10 rings (SSSR count). The molecule has 4 heterocycles. The Balaban J connectivity index is 0.613. The zero-order valence-electron chi connectivity index (χ0n) is 45.1. The van der Waals surface area contributed by atoms with E-state index in [2.05, 4.69) is 67.1 Å². The SMILES string of the molecule is CC1=NC2=Nc3cc(C)c(N)cc3N(c3ccccc3)C2C=C1NCCCCCCNC(=O)c1ccc(-c2ccc(C(=O)NCCCCCCNc3cc4c(nc3C)nc3cc(C)c(N)cc3[n+]4-c3ccccc3)cc2)cc1. The number of amidine groups is 1. The van der Waals surface area contributed by atoms with Crippen molar-refractivity contribution in [2.24, 2.45) is 9.98 Å². The van der Waals surface area contributed by atoms with E-state index in [-0.39, 0.29) is 17.9 Å². The van der Waals surface area contributed by atoms with Crippen molar-refractivity contribution >= 4 is 79.7 Å². The fourth-order valence-electron chi connectivity index (χ4n) is 10.2. The molecule has 6 aromatic carbocycles. The first-order valence-corrected chi connectivity index (χ1v) is 27.3. The van der Waals surface area contributed by atoms with Gasteiger partial charge in [-0.2, -0.15) is 0 Å². The van der Waals surface area contributed by atoms with Gasteiger partial charge in [0.25, 0.3) is 17.3 Å². The first kappa shape index (κ1) is 52.5. The number of nitrogen functional groups attached to an aromatic ring is 2. The maximum absolute atomic E-state index is 13.0. The van der Waals surface area contributed by atoms with Crippen molar-refractivity contribution in [2.45, 2.75) is 85.1 Å². The molecule has 0 radical (unpaired) electrons. The topological polar surface area (TPSA) is 192 Å². The van der Waals surface area contributed by atoms with E-state index in [0.29, 0.717) is 29.9 Å². The first-order chi connectivity index (χ1) is 38.0. The van der Waals surface area contributed by atoms with Crippen LogP contribution < -0.4 is 42.2 Å². The van der Waals surface area contributed by atoms with Gasteiger partial charge in [-0.15, -0.1) is 4.57 Å². The van der Waals surface area contributed by atoms with Crippen LogP contribution in [0.5, 0.6) is 0 Å². The van der Waals surface area contributed by atoms with Crippen molar-refractivity contribution in [3.05, 3.63) is 179 Å². The normalized spacial score (nSPS) is 13.8. The minimum atomic E-state index is -0.164. The van der Waals surface area contributed by atoms with Gasteiger partial charge in [0.05, 0.1) is 34.2 Å². The van der Waals surface area contributed by atoms with Crippen LogP contribution in [0.15, 0.2) is 161 Å². The first-order valence-electron chi connectivity index (χ1n) is 27.3. The summed E-state index contributed by atoms with van der Waals surface area (Å²) < 4.78 is 2.19. The van der Waals surface area contributed by atoms with Gasteiger partial charge in [0.15, 0.2) is 5.84 Å². The third-order valence-corrected chi connectivity index (χ3v) is 14.7. The van der Waals surface area contributed by atoms with Crippen molar-refractivity contribution < 1.29 is 14.2 Å². The molecule has 2 aliphatic heterocycles. The third kappa shape index (κ3) is 11.9. The molecule has 8 aromatic rings. The van der Waals surface area contributed by atoms with Crippen molar-refractivity contribution in [1.82, 2.24) is 25.9 Å². The van der Waals surface area contributed by atoms with Crippen LogP contribution in [0.25, 0.3) is 39.0 Å². The Morgan fingerprint density at radius 1 is 0.577 bits per heavy atom. The van der Waals surface area contributed by atoms with Crippen LogP contribution in [0, 0.1) is 20.8 Å². The molecule has 0 saturated carbocycles. The van der Waals surface area contributed by atoms with Crippen LogP contribution in [0.4, 0.5) is 34.1 Å². The van der Waals surface area contributed by atoms with Gasteiger partial charge < -0.3 is 37.6 Å². The van der Waals surface area contributed by atoms with Gasteiger partial charge in [0.2, 0.25) is 16.9 Å². The molecular weight excluding hydrogens is 969 g/mol. The van der Waals surface area contributed by atoms with Gasteiger partial charge in [-0.1, -0.05) is 86.3 Å². The Hall–Kier alpha value is -8.91. The second-order valence-corrected chi connectivity index (χ2v) is 20.4. The molecule has 0 fully saturated rings. The molecule has 0 aliphatic carbocycles. The lowest BCUT2D eigenvalue weighted by atomic mass is 10.0. The number of nitrogens with one attached hydrogen (secondary N) is 4. The second kappa shape index (κ2) is 24.0. The van der Waals surface area contributed by atoms with Crippen LogP contribution >= 0.6 is 0 Å². The molecular formula is C64H69N12O2+. The largest absolute Gasteiger partial charge is 0.398 e. The monoisotopic (exact) mass is 1040 g/mol. The number of nitrogens with zero attached hydrogens (tertiary/aromatic N) is 6. The molecule has 14 nitrogen and oxygen atoms in total. The number of rotatable bonds is 21. The fourth-order valence-corrected chi connectivity index (χ4v) is 10.2. The number of benzene rings is 6. The van der Waals surface area contributed by atoms with E-state index < -0.39 is 0 Å². The number of allylic oxidation sites excluding steroid dienone is 1. The lowest BCUT2D eigenvalue weighted by Gasteiger charge is -2.38. The number of carbonyl (C=O) groups is 2. The molecule has 2 aliphatic rings. The number of aliphatic imine (C=N–C) groups is 2. The Labute approximate surface area is 456 Å². The maximum Gasteiger partial charge on any atom is 0.258 e. The number of unbranched alkanes of at least 4 members (excludes halogenated alkanes) is 6. The molecule has 2 amide bonds. The van der Waals surface area contributed by atoms with Crippen molar-refractivity contribution in [1.29, 1.82) is 0 Å². The Morgan fingerprint density at radius 3 is 1.77 bits per heavy atom. The van der Waals surface area contributed by atoms with E-state index in [1.807, 2.05) is 137 Å². The molecule has 0 spiro atoms. The maximum atomic E-state index is 13.0. The summed E-state index contributed by atoms with van der Waals surface area (Å²) in [6.07, 6.45) is 10.1. The van der Waals surface area contributed by atoms with E-state index in [4.69, 9.17) is 31.4 Å². The van der Waals surface area contributed by atoms with E-state index in [1.165, 1.54) is 0 Å². The summed E-state index contributed by atoms with van der Waals surface area (Å²) in [6, 6.07) is 45.8. The summed E-state index contributed by atoms with van der Waals surface area (Å²) in [4.78, 5) is 48.1. The molecule has 0 saturated heterocycles. The number of anilines is 5. The molecule has 1 atom stereocenters. The average molecular weight is 1040 g/mol. The number of pyridine rings is 1. The molecule has 2 aromatic heterocycles. The molecule has 1 unspecified atom stereocenters. The number of fused-ring (bicyclic) bond motifs is 4. The predicted octanol–water partition coefficient (Wildman–Crippen LogP) is 11.7. The Bertz CT molecular complexity index is 3580. The average Bonchev–Trinajstić information content (AvgIpc) is 3.60. The van der Waals surface area contributed by atoms with Crippen LogP contribution in [0.1, 0.15) is 95.8 Å². The van der Waals surface area contributed by atoms with Crippen molar-refractivity contribution in [3.63, 3.8) is 0 Å². The minimum absolute atomic E-state index is 0.0823. The second-order valence-electron chi connectivity index (χ2n) is 20.4. The smallest absolute Gasteiger partial charge is 0.258 e. The van der Waals surface area contributed by atoms with Crippen molar-refractivity contribution in [2.75, 3.05) is 47.9 Å². The molecule has 0 bridgehead atoms. The highest BCUT2D eigenvalue weighted by Crippen LogP contribution is 2.43. The summed E-state index contributed by atoms with van der Waals surface area (Å²) in [5, 5.41) is 13.4. The van der Waals surface area contributed by atoms with Crippen LogP contribution in [0.3, 0.4) is 0 Å². The fraction of sp³-hybridized carbons (Fsp3) is 0.266. The standard InChI is InChI=1S/C64H68N12O2/c1-41-35-55-57(37-51(41)65)75(49-19-11-9-12-20-49)59-39-53(43(3)71-61(59)73-55)67-31-15-5-7-17-33-69-63(77)47-27-23-45(24-28-47)46-25-29-48(30-26-46)64(78)70-34-18-8-6-16-32-68-54-40-60-62(72-44(54)4)74-56-36-42(2)52(66)38-58(56)76(60)50-21-13-10-14-22-50/h9-14,19-30,35-40,59,67H,5-8,15-18,31-34,65H2,1-4H3,(H4,66,68,69,70,77,78)/p+1. The zero-order chi connectivity index (χ0) is 54.1. The molecule has 78 heavy (non-hydrogen) atoms. The lowest BCUT2D eigenvalue weighted by Crippen LogP contribution is -2.42. The van der Waals surface area contributed by atoms with Crippen LogP contribution in [-0.2, 0) is 0 Å². The van der Waals surface area contributed by atoms with Crippen LogP contribution in [0.2, 0.25) is 0 Å². The summed E-state index contributed by atoms with van der Waals surface area (Å²) in [5.74, 6) is 0.602. The number of aryl methyl sites for hydroxylation is 3. The van der Waals surface area contributed by atoms with Gasteiger partial charge in [-0.05, 0) is 136 Å². The van der Waals surface area contributed by atoms with Gasteiger partial charge >= 0.3 is 0 Å². The number of nitrogens with two attached hydrogens (primary N) is 2. The van der Waals surface area contributed by atoms with Gasteiger partial charge in [-0.3, -0.25) is 9.59 Å². The zero-order valence-corrected chi connectivity index (χ0v) is 45.1. The van der Waals surface area contributed by atoms with Gasteiger partial charge in [0.1, 0.15) is 11.6 Å². The quantitative estimate of drug-likeness (QED) is 0.0176. The summed E-state index contributed by atoms with van der Waals surface area (Å²) in [7, 11) is 0. The summed E-state index contributed by atoms with van der Waals surface area (Å²) in [6.45, 7) is 10.9. The lowest BCUT2D eigenvalue weighted by molar-refractivity contribution is -0.538. The van der Waals surface area contributed by atoms with E-state index in [0.717, 1.165) is 166 Å². The number of hydrogen-bond acceptors (Lipinski definition) is 11. The minimum Gasteiger partial charge on any atom is -0.398 e. The Kier molecular flexibility index (Phi) is 16.1. The van der Waals surface area contributed by atoms with Crippen molar-refractivity contribution in [3.8, 4) is 16.8 Å². The number of aromatic nitrogens is 3. The number of para-hydroxylation sites is 2. The summed E-state index contributed by atoms with van der Waals surface area (Å²) in [5.41, 5.74) is 30.5. The predicted molar refractivity (Wildman–Crippen MR) is 319 cm³/mol. The number of amides is 2. The van der Waals surface area contributed by atoms with Gasteiger partial charge in [-0.25, -0.2) is 20.0 Å². The molecule has 8 N–H and O–H groups in total. The molecule has 14 heteroatoms. The highest BCUT2D eigenvalue weighted by molar-refractivity contribution is 6.14.